The maximum Gasteiger partial charge on any atom is 0.309 e. The lowest BCUT2D eigenvalue weighted by Crippen LogP contribution is -2.67. The van der Waals surface area contributed by atoms with Crippen LogP contribution in [0.4, 0.5) is 0 Å². The van der Waals surface area contributed by atoms with E-state index in [9.17, 15) is 4.79 Å². The molecule has 5 saturated carbocycles. The summed E-state index contributed by atoms with van der Waals surface area (Å²) in [6.07, 6.45) is 15.5. The summed E-state index contributed by atoms with van der Waals surface area (Å²) in [7, 11) is 0. The fourth-order valence-corrected chi connectivity index (χ4v) is 11.9. The zero-order valence-corrected chi connectivity index (χ0v) is 26.3. The second-order valence-corrected chi connectivity index (χ2v) is 16.6. The van der Waals surface area contributed by atoms with E-state index >= 15 is 0 Å². The standard InChI is InChI=1S/C36H58O2/c1-23(2)11-14-30(37)38-29-17-19-34(8)27(32(29,5)6)16-20-36(10)28(34)13-12-26-31-25(4)24(3)15-18-33(31,7)21-22-35(26,36)9/h11,24,26-29,31H,4,12-22H2,1-3,5-10H3/t24-,26?,27?,28?,29-,31?,33+,34-,35+,36+/m0/s1. The van der Waals surface area contributed by atoms with Crippen LogP contribution in [-0.4, -0.2) is 12.1 Å². The molecule has 0 radical (unpaired) electrons. The predicted molar refractivity (Wildman–Crippen MR) is 159 cm³/mol. The molecule has 0 bridgehead atoms. The third-order valence-corrected chi connectivity index (χ3v) is 14.4. The van der Waals surface area contributed by atoms with Gasteiger partial charge in [-0.2, -0.15) is 0 Å². The number of hydrogen-bond acceptors (Lipinski definition) is 2. The van der Waals surface area contributed by atoms with Crippen molar-refractivity contribution in [2.45, 2.75) is 139 Å². The monoisotopic (exact) mass is 522 g/mol. The Morgan fingerprint density at radius 2 is 1.58 bits per heavy atom. The van der Waals surface area contributed by atoms with E-state index in [4.69, 9.17) is 11.3 Å². The molecule has 4 unspecified atom stereocenters. The Balaban J connectivity index is 1.42. The summed E-state index contributed by atoms with van der Waals surface area (Å²) in [6, 6.07) is 0. The van der Waals surface area contributed by atoms with Gasteiger partial charge in [-0.25, -0.2) is 0 Å². The third-order valence-electron chi connectivity index (χ3n) is 14.4. The SMILES string of the molecule is C=C1C2C3CCC4[C@@]5(C)CC[C@H](OC(=O)CC=C(C)C)C(C)(C)C5CC[C@@]4(C)[C@]3(C)CC[C@@]2(C)CC[C@@H]1C. The first-order valence-corrected chi connectivity index (χ1v) is 16.1. The van der Waals surface area contributed by atoms with Crippen molar-refractivity contribution in [1.82, 2.24) is 0 Å². The molecule has 0 N–H and O–H groups in total. The molecular formula is C36H58O2. The highest BCUT2D eigenvalue weighted by atomic mass is 16.5. The van der Waals surface area contributed by atoms with E-state index in [1.807, 2.05) is 6.08 Å². The Labute approximate surface area is 234 Å². The number of carbonyl (C=O) groups is 1. The maximum atomic E-state index is 12.7. The van der Waals surface area contributed by atoms with Gasteiger partial charge in [0.15, 0.2) is 0 Å². The van der Waals surface area contributed by atoms with E-state index in [2.05, 4.69) is 62.3 Å². The highest BCUT2D eigenvalue weighted by Crippen LogP contribution is 2.77. The number of hydrogen-bond donors (Lipinski definition) is 0. The molecule has 0 heterocycles. The molecule has 0 amide bonds. The molecule has 0 aromatic rings. The molecule has 2 nitrogen and oxygen atoms in total. The lowest BCUT2D eigenvalue weighted by atomic mass is 9.31. The van der Waals surface area contributed by atoms with Crippen molar-refractivity contribution in [2.24, 2.45) is 56.7 Å². The number of rotatable bonds is 3. The molecule has 0 aromatic carbocycles. The fraction of sp³-hybridized carbons (Fsp3) is 0.861. The van der Waals surface area contributed by atoms with Gasteiger partial charge < -0.3 is 4.74 Å². The first-order valence-electron chi connectivity index (χ1n) is 16.1. The largest absolute Gasteiger partial charge is 0.462 e. The molecule has 10 atom stereocenters. The highest BCUT2D eigenvalue weighted by Gasteiger charge is 2.69. The average molecular weight is 523 g/mol. The van der Waals surface area contributed by atoms with Gasteiger partial charge in [0.2, 0.25) is 0 Å². The smallest absolute Gasteiger partial charge is 0.309 e. The molecule has 0 saturated heterocycles. The van der Waals surface area contributed by atoms with Crippen LogP contribution in [0.5, 0.6) is 0 Å². The molecule has 2 heteroatoms. The summed E-state index contributed by atoms with van der Waals surface area (Å²) in [4.78, 5) is 12.7. The van der Waals surface area contributed by atoms with E-state index in [0.717, 1.165) is 18.3 Å². The van der Waals surface area contributed by atoms with Crippen molar-refractivity contribution >= 4 is 5.97 Å². The van der Waals surface area contributed by atoms with Gasteiger partial charge in [-0.3, -0.25) is 4.79 Å². The van der Waals surface area contributed by atoms with Gasteiger partial charge in [0, 0.05) is 5.41 Å². The number of esters is 1. The Morgan fingerprint density at radius 1 is 0.868 bits per heavy atom. The van der Waals surface area contributed by atoms with Crippen LogP contribution in [0, 0.1) is 56.7 Å². The third kappa shape index (κ3) is 3.95. The Morgan fingerprint density at radius 3 is 2.26 bits per heavy atom. The van der Waals surface area contributed by atoms with Gasteiger partial charge in [-0.05, 0) is 129 Å². The molecule has 38 heavy (non-hydrogen) atoms. The summed E-state index contributed by atoms with van der Waals surface area (Å²) < 4.78 is 6.22. The number of ether oxygens (including phenoxy) is 1. The van der Waals surface area contributed by atoms with E-state index in [0.29, 0.717) is 45.8 Å². The molecular weight excluding hydrogens is 464 g/mol. The Bertz CT molecular complexity index is 1000. The van der Waals surface area contributed by atoms with Crippen LogP contribution >= 0.6 is 0 Å². The molecule has 0 spiro atoms. The van der Waals surface area contributed by atoms with E-state index in [1.54, 1.807) is 5.57 Å². The average Bonchev–Trinajstić information content (AvgIpc) is 2.83. The summed E-state index contributed by atoms with van der Waals surface area (Å²) in [5.74, 6) is 3.51. The van der Waals surface area contributed by atoms with E-state index < -0.39 is 0 Å². The van der Waals surface area contributed by atoms with Crippen molar-refractivity contribution in [3.05, 3.63) is 23.8 Å². The molecule has 0 aromatic heterocycles. The van der Waals surface area contributed by atoms with Crippen LogP contribution in [0.2, 0.25) is 0 Å². The summed E-state index contributed by atoms with van der Waals surface area (Å²) in [5, 5.41) is 0. The zero-order chi connectivity index (χ0) is 27.9. The summed E-state index contributed by atoms with van der Waals surface area (Å²) in [5.41, 5.74) is 4.36. The van der Waals surface area contributed by atoms with E-state index in [1.165, 1.54) is 63.4 Å². The van der Waals surface area contributed by atoms with Gasteiger partial charge in [0.25, 0.3) is 0 Å². The first-order chi connectivity index (χ1) is 17.6. The molecule has 5 aliphatic carbocycles. The second-order valence-electron chi connectivity index (χ2n) is 16.6. The molecule has 214 valence electrons. The van der Waals surface area contributed by atoms with Crippen LogP contribution in [0.25, 0.3) is 0 Å². The molecule has 5 aliphatic rings. The predicted octanol–water partition coefficient (Wildman–Crippen LogP) is 9.93. The van der Waals surface area contributed by atoms with Crippen LogP contribution in [0.15, 0.2) is 23.8 Å². The lowest BCUT2D eigenvalue weighted by Gasteiger charge is -2.73. The zero-order valence-electron chi connectivity index (χ0n) is 26.3. The Hall–Kier alpha value is -1.05. The number of carbonyl (C=O) groups excluding carboxylic acids is 1. The minimum atomic E-state index is -0.0475. The first kappa shape index (κ1) is 28.5. The van der Waals surface area contributed by atoms with Gasteiger partial charge in [0.1, 0.15) is 6.10 Å². The van der Waals surface area contributed by atoms with Crippen LogP contribution in [-0.2, 0) is 9.53 Å². The van der Waals surface area contributed by atoms with Crippen molar-refractivity contribution in [3.63, 3.8) is 0 Å². The summed E-state index contributed by atoms with van der Waals surface area (Å²) in [6.45, 7) is 26.9. The number of allylic oxidation sites excluding steroid dienone is 2. The van der Waals surface area contributed by atoms with Crippen molar-refractivity contribution < 1.29 is 9.53 Å². The summed E-state index contributed by atoms with van der Waals surface area (Å²) >= 11 is 0. The molecule has 5 rings (SSSR count). The van der Waals surface area contributed by atoms with Crippen molar-refractivity contribution in [3.8, 4) is 0 Å². The van der Waals surface area contributed by atoms with E-state index in [-0.39, 0.29) is 17.5 Å². The number of fused-ring (bicyclic) bond motifs is 7. The van der Waals surface area contributed by atoms with Crippen LogP contribution in [0.1, 0.15) is 133 Å². The van der Waals surface area contributed by atoms with Crippen molar-refractivity contribution in [2.75, 3.05) is 0 Å². The topological polar surface area (TPSA) is 26.3 Å². The Kier molecular flexibility index (Phi) is 6.92. The normalized spacial score (nSPS) is 49.6. The van der Waals surface area contributed by atoms with Crippen LogP contribution < -0.4 is 0 Å². The fourth-order valence-electron chi connectivity index (χ4n) is 11.9. The maximum absolute atomic E-state index is 12.7. The van der Waals surface area contributed by atoms with Crippen molar-refractivity contribution in [1.29, 1.82) is 0 Å². The minimum Gasteiger partial charge on any atom is -0.462 e. The lowest BCUT2D eigenvalue weighted by molar-refractivity contribution is -0.248. The van der Waals surface area contributed by atoms with Crippen LogP contribution in [0.3, 0.4) is 0 Å². The van der Waals surface area contributed by atoms with Gasteiger partial charge in [-0.15, -0.1) is 0 Å². The quantitative estimate of drug-likeness (QED) is 0.272. The highest BCUT2D eigenvalue weighted by molar-refractivity contribution is 5.71. The van der Waals surface area contributed by atoms with Gasteiger partial charge >= 0.3 is 5.97 Å². The van der Waals surface area contributed by atoms with Gasteiger partial charge in [-0.1, -0.05) is 72.3 Å². The van der Waals surface area contributed by atoms with Gasteiger partial charge in [0.05, 0.1) is 6.42 Å². The second kappa shape index (κ2) is 9.24. The molecule has 0 aliphatic heterocycles. The molecule has 5 fully saturated rings. The minimum absolute atomic E-state index is 0.0188.